The molecular weight excluding hydrogens is 390 g/mol. The van der Waals surface area contributed by atoms with Crippen LogP contribution >= 0.6 is 11.3 Å². The molecule has 0 aliphatic rings. The summed E-state index contributed by atoms with van der Waals surface area (Å²) >= 11 is 1.07. The van der Waals surface area contributed by atoms with Crippen molar-refractivity contribution in [3.63, 3.8) is 0 Å². The number of fused-ring (bicyclic) bond motifs is 1. The number of rotatable bonds is 5. The molecule has 0 aliphatic heterocycles. The first-order chi connectivity index (χ1) is 14.0. The zero-order valence-electron chi connectivity index (χ0n) is 15.6. The van der Waals surface area contributed by atoms with Crippen molar-refractivity contribution in [1.29, 1.82) is 0 Å². The van der Waals surface area contributed by atoms with E-state index < -0.39 is 17.2 Å². The van der Waals surface area contributed by atoms with Gasteiger partial charge in [-0.05, 0) is 29.3 Å². The van der Waals surface area contributed by atoms with E-state index >= 15 is 0 Å². The average Bonchev–Trinajstić information content (AvgIpc) is 3.21. The van der Waals surface area contributed by atoms with Crippen molar-refractivity contribution >= 4 is 27.5 Å². The quantitative estimate of drug-likeness (QED) is 0.475. The number of pyridine rings is 1. The normalized spacial score (nSPS) is 10.9. The van der Waals surface area contributed by atoms with Gasteiger partial charge < -0.3 is 4.74 Å². The lowest BCUT2D eigenvalue weighted by molar-refractivity contribution is 0.0478. The van der Waals surface area contributed by atoms with Crippen LogP contribution in [0.2, 0.25) is 0 Å². The smallest absolute Gasteiger partial charge is 0.348 e. The van der Waals surface area contributed by atoms with Crippen LogP contribution in [0.4, 0.5) is 0 Å². The Bertz CT molecular complexity index is 1290. The monoisotopic (exact) mass is 407 g/mol. The van der Waals surface area contributed by atoms with E-state index in [1.165, 1.54) is 15.2 Å². The van der Waals surface area contributed by atoms with Gasteiger partial charge in [0.2, 0.25) is 0 Å². The summed E-state index contributed by atoms with van der Waals surface area (Å²) < 4.78 is 7.90. The fourth-order valence-corrected chi connectivity index (χ4v) is 3.99. The van der Waals surface area contributed by atoms with Gasteiger partial charge in [0.1, 0.15) is 16.3 Å². The van der Waals surface area contributed by atoms with Crippen molar-refractivity contribution in [2.75, 3.05) is 0 Å². The Kier molecular flexibility index (Phi) is 5.09. The molecule has 0 bridgehead atoms. The standard InChI is InChI=1S/C21H17N3O4S/c1-23-19-16(18(25)24(21(23)27)12-14-5-3-2-4-6-14)11-17(29-19)20(26)28-13-15-7-9-22-10-8-15/h2-11H,12-13H2,1H3. The highest BCUT2D eigenvalue weighted by molar-refractivity contribution is 7.20. The highest BCUT2D eigenvalue weighted by Gasteiger charge is 2.18. The third kappa shape index (κ3) is 3.74. The van der Waals surface area contributed by atoms with Crippen LogP contribution in [0.5, 0.6) is 0 Å². The molecule has 3 aromatic heterocycles. The minimum atomic E-state index is -0.538. The molecule has 0 fully saturated rings. The van der Waals surface area contributed by atoms with Crippen molar-refractivity contribution < 1.29 is 9.53 Å². The summed E-state index contributed by atoms with van der Waals surface area (Å²) in [5.41, 5.74) is 0.812. The number of aromatic nitrogens is 3. The molecule has 0 atom stereocenters. The SMILES string of the molecule is Cn1c(=O)n(Cc2ccccc2)c(=O)c2cc(C(=O)OCc3ccncc3)sc21. The summed E-state index contributed by atoms with van der Waals surface area (Å²) in [4.78, 5) is 42.7. The van der Waals surface area contributed by atoms with Crippen molar-refractivity contribution in [2.24, 2.45) is 7.05 Å². The number of benzene rings is 1. The van der Waals surface area contributed by atoms with Crippen LogP contribution in [0.15, 0.2) is 70.5 Å². The molecule has 29 heavy (non-hydrogen) atoms. The number of nitrogens with zero attached hydrogens (tertiary/aromatic N) is 3. The number of hydrogen-bond donors (Lipinski definition) is 0. The molecule has 0 saturated heterocycles. The molecule has 8 heteroatoms. The maximum atomic E-state index is 12.9. The maximum absolute atomic E-state index is 12.9. The molecule has 0 unspecified atom stereocenters. The predicted molar refractivity (Wildman–Crippen MR) is 110 cm³/mol. The molecule has 4 rings (SSSR count). The second-order valence-corrected chi connectivity index (χ2v) is 7.51. The van der Waals surface area contributed by atoms with Crippen LogP contribution in [0.25, 0.3) is 10.2 Å². The topological polar surface area (TPSA) is 83.2 Å². The largest absolute Gasteiger partial charge is 0.457 e. The molecule has 0 amide bonds. The number of esters is 1. The lowest BCUT2D eigenvalue weighted by atomic mass is 10.2. The van der Waals surface area contributed by atoms with Crippen LogP contribution in [0.1, 0.15) is 20.8 Å². The van der Waals surface area contributed by atoms with Gasteiger partial charge in [0.15, 0.2) is 0 Å². The lowest BCUT2D eigenvalue weighted by Gasteiger charge is -2.08. The Hall–Kier alpha value is -3.52. The molecule has 0 saturated carbocycles. The highest BCUT2D eigenvalue weighted by Crippen LogP contribution is 2.23. The molecule has 0 radical (unpaired) electrons. The van der Waals surface area contributed by atoms with Gasteiger partial charge in [-0.2, -0.15) is 0 Å². The van der Waals surface area contributed by atoms with Gasteiger partial charge in [-0.1, -0.05) is 30.3 Å². The van der Waals surface area contributed by atoms with Gasteiger partial charge in [-0.25, -0.2) is 9.59 Å². The summed E-state index contributed by atoms with van der Waals surface area (Å²) in [6.45, 7) is 0.271. The fraction of sp³-hybridized carbons (Fsp3) is 0.143. The number of thiophene rings is 1. The van der Waals surface area contributed by atoms with Crippen molar-refractivity contribution in [1.82, 2.24) is 14.1 Å². The first kappa shape index (κ1) is 18.8. The molecule has 0 N–H and O–H groups in total. The average molecular weight is 407 g/mol. The molecule has 0 aliphatic carbocycles. The van der Waals surface area contributed by atoms with Crippen LogP contribution in [0.3, 0.4) is 0 Å². The van der Waals surface area contributed by atoms with E-state index in [4.69, 9.17) is 4.74 Å². The van der Waals surface area contributed by atoms with E-state index in [1.54, 1.807) is 31.6 Å². The Morgan fingerprint density at radius 2 is 1.79 bits per heavy atom. The molecule has 3 heterocycles. The Labute approximate surface area is 169 Å². The minimum Gasteiger partial charge on any atom is -0.457 e. The van der Waals surface area contributed by atoms with Crippen LogP contribution in [0, 0.1) is 0 Å². The second-order valence-electron chi connectivity index (χ2n) is 6.48. The first-order valence-corrected chi connectivity index (χ1v) is 9.69. The lowest BCUT2D eigenvalue weighted by Crippen LogP contribution is -2.38. The first-order valence-electron chi connectivity index (χ1n) is 8.88. The number of carbonyl (C=O) groups excluding carboxylic acids is 1. The van der Waals surface area contributed by atoms with Crippen LogP contribution < -0.4 is 11.2 Å². The number of ether oxygens (including phenoxy) is 1. The highest BCUT2D eigenvalue weighted by atomic mass is 32.1. The Morgan fingerprint density at radius 3 is 2.52 bits per heavy atom. The maximum Gasteiger partial charge on any atom is 0.348 e. The summed E-state index contributed by atoms with van der Waals surface area (Å²) in [5, 5.41) is 0.323. The number of hydrogen-bond acceptors (Lipinski definition) is 6. The zero-order valence-corrected chi connectivity index (χ0v) is 16.4. The minimum absolute atomic E-state index is 0.104. The van der Waals surface area contributed by atoms with Gasteiger partial charge in [0.25, 0.3) is 5.56 Å². The molecular formula is C21H17N3O4S. The second kappa shape index (κ2) is 7.84. The Morgan fingerprint density at radius 1 is 1.07 bits per heavy atom. The van der Waals surface area contributed by atoms with E-state index in [0.29, 0.717) is 10.2 Å². The van der Waals surface area contributed by atoms with Crippen LogP contribution in [-0.2, 0) is 24.9 Å². The van der Waals surface area contributed by atoms with Crippen LogP contribution in [-0.4, -0.2) is 20.1 Å². The third-order valence-corrected chi connectivity index (χ3v) is 5.71. The molecule has 4 aromatic rings. The zero-order chi connectivity index (χ0) is 20.4. The fourth-order valence-electron chi connectivity index (χ4n) is 2.99. The predicted octanol–water partition coefficient (Wildman–Crippen LogP) is 2.56. The number of aryl methyl sites for hydroxylation is 1. The van der Waals surface area contributed by atoms with Gasteiger partial charge in [0, 0.05) is 19.4 Å². The van der Waals surface area contributed by atoms with E-state index in [0.717, 1.165) is 22.5 Å². The summed E-state index contributed by atoms with van der Waals surface area (Å²) in [7, 11) is 1.59. The van der Waals surface area contributed by atoms with Crippen molar-refractivity contribution in [2.45, 2.75) is 13.2 Å². The van der Waals surface area contributed by atoms with Crippen molar-refractivity contribution in [3.05, 3.63) is 97.8 Å². The summed E-state index contributed by atoms with van der Waals surface area (Å²) in [6, 6.07) is 14.3. The van der Waals surface area contributed by atoms with Gasteiger partial charge in [-0.3, -0.25) is 18.9 Å². The third-order valence-electron chi connectivity index (χ3n) is 4.51. The molecule has 1 aromatic carbocycles. The molecule has 146 valence electrons. The molecule has 7 nitrogen and oxygen atoms in total. The summed E-state index contributed by atoms with van der Waals surface area (Å²) in [6.07, 6.45) is 3.24. The van der Waals surface area contributed by atoms with E-state index in [9.17, 15) is 14.4 Å². The van der Waals surface area contributed by atoms with Crippen molar-refractivity contribution in [3.8, 4) is 0 Å². The van der Waals surface area contributed by atoms with Gasteiger partial charge in [-0.15, -0.1) is 11.3 Å². The summed E-state index contributed by atoms with van der Waals surface area (Å²) in [5.74, 6) is -0.538. The van der Waals surface area contributed by atoms with E-state index in [1.807, 2.05) is 30.3 Å². The number of carbonyl (C=O) groups is 1. The van der Waals surface area contributed by atoms with Gasteiger partial charge >= 0.3 is 11.7 Å². The Balaban J connectivity index is 1.67. The molecule has 0 spiro atoms. The van der Waals surface area contributed by atoms with E-state index in [-0.39, 0.29) is 18.0 Å². The van der Waals surface area contributed by atoms with E-state index in [2.05, 4.69) is 4.98 Å². The van der Waals surface area contributed by atoms with Gasteiger partial charge in [0.05, 0.1) is 11.9 Å².